The number of ether oxygens (including phenoxy) is 1. The second-order valence-corrected chi connectivity index (χ2v) is 6.47. The van der Waals surface area contributed by atoms with E-state index in [4.69, 9.17) is 4.74 Å². The highest BCUT2D eigenvalue weighted by Gasteiger charge is 2.22. The fourth-order valence-electron chi connectivity index (χ4n) is 2.56. The number of hydrogen-bond donors (Lipinski definition) is 2. The molecule has 1 unspecified atom stereocenters. The molecule has 5 heteroatoms. The third-order valence-electron chi connectivity index (χ3n) is 3.16. The van der Waals surface area contributed by atoms with Crippen LogP contribution in [-0.4, -0.2) is 38.3 Å². The van der Waals surface area contributed by atoms with Crippen molar-refractivity contribution in [1.29, 1.82) is 0 Å². The van der Waals surface area contributed by atoms with Crippen molar-refractivity contribution in [2.24, 2.45) is 11.3 Å². The molecule has 1 heterocycles. The van der Waals surface area contributed by atoms with Gasteiger partial charge in [0.05, 0.1) is 13.2 Å². The van der Waals surface area contributed by atoms with Gasteiger partial charge in [0.25, 0.3) is 0 Å². The molecule has 1 amide bonds. The molecule has 1 aliphatic heterocycles. The Labute approximate surface area is 123 Å². The van der Waals surface area contributed by atoms with Crippen LogP contribution in [0.4, 0.5) is 0 Å². The van der Waals surface area contributed by atoms with E-state index in [-0.39, 0.29) is 29.8 Å². The molecule has 0 aromatic heterocycles. The molecular weight excluding hydrogens is 264 g/mol. The summed E-state index contributed by atoms with van der Waals surface area (Å²) in [7, 11) is 0. The van der Waals surface area contributed by atoms with Crippen LogP contribution in [0.3, 0.4) is 0 Å². The average Bonchev–Trinajstić information content (AvgIpc) is 2.26. The Balaban J connectivity index is 0.00000324. The number of carbonyl (C=O) groups excluding carboxylic acids is 1. The average molecular weight is 293 g/mol. The number of carbonyl (C=O) groups is 1. The second-order valence-electron chi connectivity index (χ2n) is 6.47. The van der Waals surface area contributed by atoms with Gasteiger partial charge < -0.3 is 15.4 Å². The maximum absolute atomic E-state index is 11.8. The van der Waals surface area contributed by atoms with E-state index >= 15 is 0 Å². The molecule has 0 aliphatic carbocycles. The second kappa shape index (κ2) is 8.77. The van der Waals surface area contributed by atoms with Crippen LogP contribution in [0.2, 0.25) is 0 Å². The summed E-state index contributed by atoms with van der Waals surface area (Å²) in [4.78, 5) is 11.8. The van der Waals surface area contributed by atoms with Crippen molar-refractivity contribution in [3.63, 3.8) is 0 Å². The Bertz CT molecular complexity index is 264. The molecule has 0 aromatic rings. The summed E-state index contributed by atoms with van der Waals surface area (Å²) in [5, 5.41) is 6.33. The molecular formula is C14H29ClN2O2. The van der Waals surface area contributed by atoms with Crippen LogP contribution in [0, 0.1) is 11.3 Å². The molecule has 1 saturated heterocycles. The first-order chi connectivity index (χ1) is 8.39. The molecule has 0 aromatic carbocycles. The fourth-order valence-corrected chi connectivity index (χ4v) is 2.56. The highest BCUT2D eigenvalue weighted by Crippen LogP contribution is 2.24. The monoisotopic (exact) mass is 292 g/mol. The predicted octanol–water partition coefficient (Wildman–Crippen LogP) is 1.98. The molecule has 4 nitrogen and oxygen atoms in total. The van der Waals surface area contributed by atoms with Gasteiger partial charge in [-0.15, -0.1) is 12.4 Å². The predicted molar refractivity (Wildman–Crippen MR) is 80.7 cm³/mol. The number of rotatable bonds is 6. The van der Waals surface area contributed by atoms with Gasteiger partial charge in [-0.2, -0.15) is 0 Å². The minimum atomic E-state index is 0. The van der Waals surface area contributed by atoms with E-state index in [0.717, 1.165) is 26.1 Å². The first-order valence-electron chi connectivity index (χ1n) is 6.97. The highest BCUT2D eigenvalue weighted by atomic mass is 35.5. The lowest BCUT2D eigenvalue weighted by atomic mass is 9.84. The summed E-state index contributed by atoms with van der Waals surface area (Å²) in [5.74, 6) is 0.778. The molecule has 114 valence electrons. The van der Waals surface area contributed by atoms with E-state index in [1.807, 2.05) is 0 Å². The summed E-state index contributed by atoms with van der Waals surface area (Å²) in [6.07, 6.45) is 1.63. The first-order valence-corrected chi connectivity index (χ1v) is 6.97. The van der Waals surface area contributed by atoms with E-state index in [9.17, 15) is 4.79 Å². The third kappa shape index (κ3) is 8.45. The van der Waals surface area contributed by atoms with E-state index in [0.29, 0.717) is 18.9 Å². The Morgan fingerprint density at radius 3 is 2.68 bits per heavy atom. The topological polar surface area (TPSA) is 50.4 Å². The molecule has 2 N–H and O–H groups in total. The molecule has 0 spiro atoms. The van der Waals surface area contributed by atoms with Crippen molar-refractivity contribution in [2.45, 2.75) is 46.6 Å². The van der Waals surface area contributed by atoms with Crippen LogP contribution >= 0.6 is 12.4 Å². The number of halogens is 1. The van der Waals surface area contributed by atoms with Crippen molar-refractivity contribution in [2.75, 3.05) is 26.3 Å². The van der Waals surface area contributed by atoms with E-state index in [1.54, 1.807) is 0 Å². The van der Waals surface area contributed by atoms with E-state index < -0.39 is 0 Å². The Morgan fingerprint density at radius 2 is 2.16 bits per heavy atom. The van der Waals surface area contributed by atoms with Gasteiger partial charge in [0.1, 0.15) is 0 Å². The molecule has 1 atom stereocenters. The minimum absolute atomic E-state index is 0. The van der Waals surface area contributed by atoms with Crippen molar-refractivity contribution in [1.82, 2.24) is 10.6 Å². The van der Waals surface area contributed by atoms with Gasteiger partial charge in [-0.05, 0) is 17.8 Å². The standard InChI is InChI=1S/C14H28N2O2.ClH/c1-11(2)8-14(3,4)10-16-13(17)7-12-9-18-6-5-15-12;/h11-12,15H,5-10H2,1-4H3,(H,16,17);1H. The van der Waals surface area contributed by atoms with Crippen LogP contribution < -0.4 is 10.6 Å². The Hall–Kier alpha value is -0.320. The first kappa shape index (κ1) is 18.7. The van der Waals surface area contributed by atoms with Gasteiger partial charge >= 0.3 is 0 Å². The summed E-state index contributed by atoms with van der Waals surface area (Å²) in [6.45, 7) is 11.8. The normalized spacial score (nSPS) is 19.9. The van der Waals surface area contributed by atoms with Crippen molar-refractivity contribution in [3.8, 4) is 0 Å². The largest absolute Gasteiger partial charge is 0.378 e. The Morgan fingerprint density at radius 1 is 1.47 bits per heavy atom. The van der Waals surface area contributed by atoms with E-state index in [1.165, 1.54) is 0 Å². The SMILES string of the molecule is CC(C)CC(C)(C)CNC(=O)CC1COCCN1.Cl. The molecule has 0 saturated carbocycles. The zero-order valence-corrected chi connectivity index (χ0v) is 13.4. The van der Waals surface area contributed by atoms with Gasteiger partial charge in [0.2, 0.25) is 5.91 Å². The van der Waals surface area contributed by atoms with Gasteiger partial charge in [-0.1, -0.05) is 27.7 Å². The zero-order valence-electron chi connectivity index (χ0n) is 12.6. The van der Waals surface area contributed by atoms with Gasteiger partial charge in [-0.25, -0.2) is 0 Å². The minimum Gasteiger partial charge on any atom is -0.378 e. The lowest BCUT2D eigenvalue weighted by Crippen LogP contribution is -2.45. The number of morpholine rings is 1. The van der Waals surface area contributed by atoms with Crippen molar-refractivity contribution < 1.29 is 9.53 Å². The molecule has 0 radical (unpaired) electrons. The van der Waals surface area contributed by atoms with Gasteiger partial charge in [0, 0.05) is 25.6 Å². The van der Waals surface area contributed by atoms with Crippen LogP contribution in [0.5, 0.6) is 0 Å². The van der Waals surface area contributed by atoms with Crippen molar-refractivity contribution in [3.05, 3.63) is 0 Å². The summed E-state index contributed by atoms with van der Waals surface area (Å²) >= 11 is 0. The van der Waals surface area contributed by atoms with Crippen molar-refractivity contribution >= 4 is 18.3 Å². The summed E-state index contributed by atoms with van der Waals surface area (Å²) < 4.78 is 5.34. The molecule has 1 rings (SSSR count). The lowest BCUT2D eigenvalue weighted by Gasteiger charge is -2.28. The zero-order chi connectivity index (χ0) is 13.6. The number of amides is 1. The number of hydrogen-bond acceptors (Lipinski definition) is 3. The van der Waals surface area contributed by atoms with Crippen LogP contribution in [0.15, 0.2) is 0 Å². The van der Waals surface area contributed by atoms with E-state index in [2.05, 4.69) is 38.3 Å². The fraction of sp³-hybridized carbons (Fsp3) is 0.929. The Kier molecular flexibility index (Phi) is 8.62. The maximum atomic E-state index is 11.8. The maximum Gasteiger partial charge on any atom is 0.221 e. The molecule has 19 heavy (non-hydrogen) atoms. The molecule has 1 fully saturated rings. The van der Waals surface area contributed by atoms with Crippen LogP contribution in [0.1, 0.15) is 40.5 Å². The lowest BCUT2D eigenvalue weighted by molar-refractivity contribution is -0.122. The summed E-state index contributed by atoms with van der Waals surface area (Å²) in [5.41, 5.74) is 0.167. The third-order valence-corrected chi connectivity index (χ3v) is 3.16. The highest BCUT2D eigenvalue weighted by molar-refractivity contribution is 5.85. The molecule has 1 aliphatic rings. The number of nitrogens with one attached hydrogen (secondary N) is 2. The van der Waals surface area contributed by atoms with Crippen LogP contribution in [-0.2, 0) is 9.53 Å². The smallest absolute Gasteiger partial charge is 0.221 e. The quantitative estimate of drug-likeness (QED) is 0.787. The van der Waals surface area contributed by atoms with Gasteiger partial charge in [-0.3, -0.25) is 4.79 Å². The van der Waals surface area contributed by atoms with Crippen LogP contribution in [0.25, 0.3) is 0 Å². The van der Waals surface area contributed by atoms with Gasteiger partial charge in [0.15, 0.2) is 0 Å². The summed E-state index contributed by atoms with van der Waals surface area (Å²) in [6, 6.07) is 0.173. The molecule has 0 bridgehead atoms.